The first-order valence-electron chi connectivity index (χ1n) is 9.31. The molecule has 0 aliphatic heterocycles. The molecule has 2 rings (SSSR count). The highest BCUT2D eigenvalue weighted by Crippen LogP contribution is 2.32. The third kappa shape index (κ3) is 6.48. The van der Waals surface area contributed by atoms with E-state index in [4.69, 9.17) is 14.2 Å². The normalized spacial score (nSPS) is 11.1. The summed E-state index contributed by atoms with van der Waals surface area (Å²) in [7, 11) is 3.21. The molecule has 0 saturated carbocycles. The van der Waals surface area contributed by atoms with Crippen LogP contribution >= 0.6 is 0 Å². The van der Waals surface area contributed by atoms with Crippen LogP contribution in [0.25, 0.3) is 5.57 Å². The van der Waals surface area contributed by atoms with Gasteiger partial charge < -0.3 is 14.2 Å². The maximum atomic E-state index is 12.0. The highest BCUT2D eigenvalue weighted by Gasteiger charge is 2.10. The van der Waals surface area contributed by atoms with Crippen molar-refractivity contribution in [3.8, 4) is 11.5 Å². The first kappa shape index (κ1) is 20.6. The van der Waals surface area contributed by atoms with Gasteiger partial charge in [-0.3, -0.25) is 0 Å². The minimum atomic E-state index is -0.314. The molecule has 0 N–H and O–H groups in total. The van der Waals surface area contributed by atoms with Crippen LogP contribution in [0.2, 0.25) is 0 Å². The van der Waals surface area contributed by atoms with Crippen LogP contribution in [-0.4, -0.2) is 26.8 Å². The third-order valence-corrected chi connectivity index (χ3v) is 4.34. The van der Waals surface area contributed by atoms with Gasteiger partial charge in [-0.15, -0.1) is 0 Å². The standard InChI is InChI=1S/C23H28O4/c1-4-27-23(24)17-19(13-9-8-12-18-10-6-5-7-11-18)20-14-15-21(25-2)22(16-20)26-3/h5-7,10-11,14-17H,4,8-9,12-13H2,1-3H3/b19-17-. The number of rotatable bonds is 10. The Morgan fingerprint density at radius 2 is 1.70 bits per heavy atom. The quantitative estimate of drug-likeness (QED) is 0.334. The second-order valence-electron chi connectivity index (χ2n) is 6.18. The number of unbranched alkanes of at least 4 members (excludes halogenated alkanes) is 1. The average molecular weight is 368 g/mol. The monoisotopic (exact) mass is 368 g/mol. The van der Waals surface area contributed by atoms with Gasteiger partial charge in [-0.1, -0.05) is 36.4 Å². The molecule has 0 atom stereocenters. The van der Waals surface area contributed by atoms with E-state index in [1.54, 1.807) is 20.3 Å². The van der Waals surface area contributed by atoms with Gasteiger partial charge in [0.1, 0.15) is 0 Å². The Balaban J connectivity index is 2.10. The highest BCUT2D eigenvalue weighted by molar-refractivity contribution is 5.91. The van der Waals surface area contributed by atoms with Gasteiger partial charge in [-0.05, 0) is 61.4 Å². The lowest BCUT2D eigenvalue weighted by atomic mass is 9.97. The summed E-state index contributed by atoms with van der Waals surface area (Å²) in [6.07, 6.45) is 5.44. The summed E-state index contributed by atoms with van der Waals surface area (Å²) in [4.78, 5) is 12.0. The molecular formula is C23H28O4. The molecule has 2 aromatic rings. The van der Waals surface area contributed by atoms with Gasteiger partial charge in [0.2, 0.25) is 0 Å². The second kappa shape index (κ2) is 11.1. The molecular weight excluding hydrogens is 340 g/mol. The molecule has 4 heteroatoms. The van der Waals surface area contributed by atoms with E-state index in [9.17, 15) is 4.79 Å². The van der Waals surface area contributed by atoms with Crippen molar-refractivity contribution in [2.75, 3.05) is 20.8 Å². The summed E-state index contributed by atoms with van der Waals surface area (Å²) in [5, 5.41) is 0. The topological polar surface area (TPSA) is 44.8 Å². The molecule has 0 fully saturated rings. The van der Waals surface area contributed by atoms with Crippen LogP contribution < -0.4 is 9.47 Å². The molecule has 2 aromatic carbocycles. The van der Waals surface area contributed by atoms with Gasteiger partial charge >= 0.3 is 5.97 Å². The fourth-order valence-electron chi connectivity index (χ4n) is 2.95. The lowest BCUT2D eigenvalue weighted by molar-refractivity contribution is -0.137. The maximum absolute atomic E-state index is 12.0. The second-order valence-corrected chi connectivity index (χ2v) is 6.18. The van der Waals surface area contributed by atoms with E-state index < -0.39 is 0 Å². The zero-order valence-corrected chi connectivity index (χ0v) is 16.4. The summed E-state index contributed by atoms with van der Waals surface area (Å²) in [6.45, 7) is 2.17. The molecule has 0 aromatic heterocycles. The van der Waals surface area contributed by atoms with Crippen molar-refractivity contribution in [2.45, 2.75) is 32.6 Å². The Labute approximate surface area is 161 Å². The molecule has 0 aliphatic rings. The summed E-state index contributed by atoms with van der Waals surface area (Å²) in [6, 6.07) is 16.1. The summed E-state index contributed by atoms with van der Waals surface area (Å²) in [5.74, 6) is 1.00. The van der Waals surface area contributed by atoms with Crippen molar-refractivity contribution in [1.82, 2.24) is 0 Å². The van der Waals surface area contributed by atoms with Crippen molar-refractivity contribution in [2.24, 2.45) is 0 Å². The number of hydrogen-bond donors (Lipinski definition) is 0. The van der Waals surface area contributed by atoms with Crippen LogP contribution in [0.4, 0.5) is 0 Å². The number of benzene rings is 2. The number of aryl methyl sites for hydroxylation is 1. The van der Waals surface area contributed by atoms with E-state index in [-0.39, 0.29) is 5.97 Å². The van der Waals surface area contributed by atoms with Crippen molar-refractivity contribution in [3.05, 3.63) is 65.7 Å². The lowest BCUT2D eigenvalue weighted by Gasteiger charge is -2.12. The molecule has 144 valence electrons. The van der Waals surface area contributed by atoms with E-state index >= 15 is 0 Å². The fourth-order valence-corrected chi connectivity index (χ4v) is 2.95. The fraction of sp³-hybridized carbons (Fsp3) is 0.348. The van der Waals surface area contributed by atoms with Gasteiger partial charge in [-0.2, -0.15) is 0 Å². The van der Waals surface area contributed by atoms with Crippen LogP contribution in [0.15, 0.2) is 54.6 Å². The zero-order chi connectivity index (χ0) is 19.5. The van der Waals surface area contributed by atoms with Crippen LogP contribution in [0.1, 0.15) is 37.3 Å². The van der Waals surface area contributed by atoms with E-state index in [2.05, 4.69) is 24.3 Å². The van der Waals surface area contributed by atoms with E-state index in [1.807, 2.05) is 31.2 Å². The molecule has 0 heterocycles. The van der Waals surface area contributed by atoms with Gasteiger partial charge in [0.25, 0.3) is 0 Å². The molecule has 0 amide bonds. The highest BCUT2D eigenvalue weighted by atomic mass is 16.5. The molecule has 27 heavy (non-hydrogen) atoms. The predicted octanol–water partition coefficient (Wildman–Crippen LogP) is 5.06. The number of allylic oxidation sites excluding steroid dienone is 1. The van der Waals surface area contributed by atoms with Crippen LogP contribution in [-0.2, 0) is 16.0 Å². The average Bonchev–Trinajstić information content (AvgIpc) is 2.70. The van der Waals surface area contributed by atoms with E-state index in [1.165, 1.54) is 5.56 Å². The Bertz CT molecular complexity index is 750. The van der Waals surface area contributed by atoms with Crippen molar-refractivity contribution >= 4 is 11.5 Å². The van der Waals surface area contributed by atoms with Crippen molar-refractivity contribution < 1.29 is 19.0 Å². The summed E-state index contributed by atoms with van der Waals surface area (Å²) < 4.78 is 15.8. The predicted molar refractivity (Wildman–Crippen MR) is 108 cm³/mol. The van der Waals surface area contributed by atoms with Gasteiger partial charge in [0.05, 0.1) is 20.8 Å². The number of hydrogen-bond acceptors (Lipinski definition) is 4. The van der Waals surface area contributed by atoms with Crippen molar-refractivity contribution in [3.63, 3.8) is 0 Å². The number of carbonyl (C=O) groups is 1. The number of methoxy groups -OCH3 is 2. The minimum Gasteiger partial charge on any atom is -0.493 e. The lowest BCUT2D eigenvalue weighted by Crippen LogP contribution is -2.02. The number of esters is 1. The molecule has 0 aliphatic carbocycles. The first-order chi connectivity index (χ1) is 13.2. The maximum Gasteiger partial charge on any atom is 0.331 e. The number of ether oxygens (including phenoxy) is 3. The smallest absolute Gasteiger partial charge is 0.331 e. The van der Waals surface area contributed by atoms with Crippen LogP contribution in [0.3, 0.4) is 0 Å². The Kier molecular flexibility index (Phi) is 8.43. The molecule has 0 spiro atoms. The summed E-state index contributed by atoms with van der Waals surface area (Å²) >= 11 is 0. The van der Waals surface area contributed by atoms with Crippen LogP contribution in [0.5, 0.6) is 11.5 Å². The van der Waals surface area contributed by atoms with E-state index in [0.717, 1.165) is 36.8 Å². The minimum absolute atomic E-state index is 0.314. The zero-order valence-electron chi connectivity index (χ0n) is 16.4. The van der Waals surface area contributed by atoms with Gasteiger partial charge in [0.15, 0.2) is 11.5 Å². The van der Waals surface area contributed by atoms with Gasteiger partial charge in [-0.25, -0.2) is 4.79 Å². The largest absolute Gasteiger partial charge is 0.493 e. The Hall–Kier alpha value is -2.75. The van der Waals surface area contributed by atoms with Crippen LogP contribution in [0, 0.1) is 0 Å². The molecule has 4 nitrogen and oxygen atoms in total. The summed E-state index contributed by atoms with van der Waals surface area (Å²) in [5.41, 5.74) is 3.22. The SMILES string of the molecule is CCOC(=O)/C=C(/CCCCc1ccccc1)c1ccc(OC)c(OC)c1. The molecule has 0 saturated heterocycles. The third-order valence-electron chi connectivity index (χ3n) is 4.34. The Morgan fingerprint density at radius 3 is 2.37 bits per heavy atom. The molecule has 0 unspecified atom stereocenters. The first-order valence-corrected chi connectivity index (χ1v) is 9.31. The van der Waals surface area contributed by atoms with Crippen molar-refractivity contribution in [1.29, 1.82) is 0 Å². The van der Waals surface area contributed by atoms with E-state index in [0.29, 0.717) is 18.1 Å². The molecule has 0 radical (unpaired) electrons. The Morgan fingerprint density at radius 1 is 0.963 bits per heavy atom. The number of carbonyl (C=O) groups excluding carboxylic acids is 1. The van der Waals surface area contributed by atoms with Gasteiger partial charge in [0, 0.05) is 6.08 Å². The molecule has 0 bridgehead atoms.